The third kappa shape index (κ3) is 3.07. The summed E-state index contributed by atoms with van der Waals surface area (Å²) in [4.78, 5) is 0. The maximum absolute atomic E-state index is 12.9. The molecule has 0 radical (unpaired) electrons. The van der Waals surface area contributed by atoms with Crippen molar-refractivity contribution in [2.45, 2.75) is 32.3 Å². The minimum absolute atomic E-state index is 0.268. The lowest BCUT2D eigenvalue weighted by Crippen LogP contribution is -2.26. The van der Waals surface area contributed by atoms with E-state index in [2.05, 4.69) is 15.9 Å². The maximum atomic E-state index is 12.9. The Morgan fingerprint density at radius 1 is 1.50 bits per heavy atom. The first-order chi connectivity index (χ1) is 6.44. The Balaban J connectivity index is 2.91. The van der Waals surface area contributed by atoms with Crippen molar-refractivity contribution in [2.24, 2.45) is 0 Å². The predicted octanol–water partition coefficient (Wildman–Crippen LogP) is 3.29. The lowest BCUT2D eigenvalue weighted by molar-refractivity contribution is 0.0562. The average Bonchev–Trinajstić information content (AvgIpc) is 2.11. The number of rotatable bonds is 3. The molecule has 1 rings (SSSR count). The molecular weight excluding hydrogens is 247 g/mol. The van der Waals surface area contributed by atoms with Gasteiger partial charge in [-0.25, -0.2) is 4.39 Å². The van der Waals surface area contributed by atoms with Gasteiger partial charge in [0.15, 0.2) is 0 Å². The van der Waals surface area contributed by atoms with Crippen LogP contribution in [0.2, 0.25) is 0 Å². The average molecular weight is 261 g/mol. The highest BCUT2D eigenvalue weighted by Crippen LogP contribution is 2.24. The van der Waals surface area contributed by atoms with Crippen molar-refractivity contribution in [3.05, 3.63) is 34.1 Å². The van der Waals surface area contributed by atoms with Gasteiger partial charge in [0.05, 0.1) is 5.60 Å². The molecule has 0 spiro atoms. The molecule has 0 amide bonds. The van der Waals surface area contributed by atoms with E-state index in [-0.39, 0.29) is 5.82 Å². The van der Waals surface area contributed by atoms with Crippen LogP contribution in [0.4, 0.5) is 4.39 Å². The van der Waals surface area contributed by atoms with Crippen LogP contribution in [0.3, 0.4) is 0 Å². The topological polar surface area (TPSA) is 20.2 Å². The highest BCUT2D eigenvalue weighted by atomic mass is 79.9. The fraction of sp³-hybridized carbons (Fsp3) is 0.455. The molecule has 14 heavy (non-hydrogen) atoms. The molecule has 0 aliphatic rings. The van der Waals surface area contributed by atoms with Crippen LogP contribution in [0.1, 0.15) is 25.8 Å². The van der Waals surface area contributed by atoms with Crippen molar-refractivity contribution in [1.82, 2.24) is 0 Å². The van der Waals surface area contributed by atoms with E-state index in [1.165, 1.54) is 12.1 Å². The normalized spacial score (nSPS) is 15.2. The minimum atomic E-state index is -0.768. The molecule has 0 fully saturated rings. The molecule has 0 saturated heterocycles. The van der Waals surface area contributed by atoms with E-state index in [1.807, 2.05) is 6.92 Å². The smallest absolute Gasteiger partial charge is 0.123 e. The number of benzene rings is 1. The second-order valence-electron chi connectivity index (χ2n) is 3.76. The number of halogens is 2. The van der Waals surface area contributed by atoms with E-state index < -0.39 is 5.60 Å². The van der Waals surface area contributed by atoms with Crippen molar-refractivity contribution in [2.75, 3.05) is 0 Å². The van der Waals surface area contributed by atoms with Gasteiger partial charge in [0.25, 0.3) is 0 Å². The summed E-state index contributed by atoms with van der Waals surface area (Å²) >= 11 is 3.33. The summed E-state index contributed by atoms with van der Waals surface area (Å²) < 4.78 is 13.8. The summed E-state index contributed by atoms with van der Waals surface area (Å²) in [6.07, 6.45) is 1.11. The van der Waals surface area contributed by atoms with E-state index in [1.54, 1.807) is 13.0 Å². The first kappa shape index (κ1) is 11.7. The summed E-state index contributed by atoms with van der Waals surface area (Å²) in [5, 5.41) is 9.85. The molecular formula is C11H14BrFO. The standard InChI is InChI=1S/C11H14BrFO/c1-3-11(2,14)7-8-6-9(13)4-5-10(8)12/h4-6,14H,3,7H2,1-2H3. The number of hydrogen-bond donors (Lipinski definition) is 1. The van der Waals surface area contributed by atoms with Crippen LogP contribution in [0.15, 0.2) is 22.7 Å². The summed E-state index contributed by atoms with van der Waals surface area (Å²) in [5.74, 6) is -0.268. The van der Waals surface area contributed by atoms with Crippen LogP contribution in [-0.2, 0) is 6.42 Å². The fourth-order valence-corrected chi connectivity index (χ4v) is 1.60. The van der Waals surface area contributed by atoms with Gasteiger partial charge in [-0.05, 0) is 37.1 Å². The molecule has 0 aromatic heterocycles. The van der Waals surface area contributed by atoms with Gasteiger partial charge < -0.3 is 5.11 Å². The van der Waals surface area contributed by atoms with Crippen LogP contribution in [0, 0.1) is 5.82 Å². The molecule has 1 nitrogen and oxygen atoms in total. The van der Waals surface area contributed by atoms with Crippen LogP contribution in [-0.4, -0.2) is 10.7 Å². The van der Waals surface area contributed by atoms with Gasteiger partial charge in [-0.3, -0.25) is 0 Å². The monoisotopic (exact) mass is 260 g/mol. The molecule has 1 atom stereocenters. The lowest BCUT2D eigenvalue weighted by Gasteiger charge is -2.21. The maximum Gasteiger partial charge on any atom is 0.123 e. The molecule has 0 saturated carbocycles. The zero-order chi connectivity index (χ0) is 10.8. The van der Waals surface area contributed by atoms with Gasteiger partial charge in [-0.2, -0.15) is 0 Å². The van der Waals surface area contributed by atoms with Crippen molar-refractivity contribution >= 4 is 15.9 Å². The van der Waals surface area contributed by atoms with Gasteiger partial charge in [0.1, 0.15) is 5.82 Å². The minimum Gasteiger partial charge on any atom is -0.390 e. The Bertz CT molecular complexity index is 323. The van der Waals surface area contributed by atoms with Crippen molar-refractivity contribution in [3.63, 3.8) is 0 Å². The van der Waals surface area contributed by atoms with Crippen LogP contribution in [0.25, 0.3) is 0 Å². The molecule has 1 aromatic carbocycles. The van der Waals surface area contributed by atoms with Gasteiger partial charge in [-0.15, -0.1) is 0 Å². The molecule has 1 aromatic rings. The van der Waals surface area contributed by atoms with E-state index in [9.17, 15) is 9.50 Å². The van der Waals surface area contributed by atoms with Crippen LogP contribution in [0.5, 0.6) is 0 Å². The third-order valence-corrected chi connectivity index (χ3v) is 3.11. The predicted molar refractivity (Wildman–Crippen MR) is 58.7 cm³/mol. The van der Waals surface area contributed by atoms with Gasteiger partial charge in [-0.1, -0.05) is 22.9 Å². The second-order valence-corrected chi connectivity index (χ2v) is 4.62. The summed E-state index contributed by atoms with van der Waals surface area (Å²) in [7, 11) is 0. The molecule has 3 heteroatoms. The first-order valence-corrected chi connectivity index (χ1v) is 5.40. The van der Waals surface area contributed by atoms with E-state index in [0.29, 0.717) is 12.8 Å². The zero-order valence-electron chi connectivity index (χ0n) is 8.35. The number of aliphatic hydroxyl groups is 1. The summed E-state index contributed by atoms with van der Waals surface area (Å²) in [6, 6.07) is 4.51. The Kier molecular flexibility index (Phi) is 3.67. The van der Waals surface area contributed by atoms with Crippen molar-refractivity contribution in [1.29, 1.82) is 0 Å². The van der Waals surface area contributed by atoms with Gasteiger partial charge >= 0.3 is 0 Å². The number of hydrogen-bond acceptors (Lipinski definition) is 1. The van der Waals surface area contributed by atoms with E-state index in [0.717, 1.165) is 10.0 Å². The van der Waals surface area contributed by atoms with Gasteiger partial charge in [0, 0.05) is 10.9 Å². The second kappa shape index (κ2) is 4.41. The molecule has 1 N–H and O–H groups in total. The molecule has 78 valence electrons. The first-order valence-electron chi connectivity index (χ1n) is 4.61. The van der Waals surface area contributed by atoms with E-state index in [4.69, 9.17) is 0 Å². The molecule has 1 unspecified atom stereocenters. The largest absolute Gasteiger partial charge is 0.390 e. The Morgan fingerprint density at radius 2 is 2.14 bits per heavy atom. The Hall–Kier alpha value is -0.410. The van der Waals surface area contributed by atoms with Crippen LogP contribution < -0.4 is 0 Å². The SMILES string of the molecule is CCC(C)(O)Cc1cc(F)ccc1Br. The highest BCUT2D eigenvalue weighted by molar-refractivity contribution is 9.10. The molecule has 0 aliphatic heterocycles. The quantitative estimate of drug-likeness (QED) is 0.885. The zero-order valence-corrected chi connectivity index (χ0v) is 9.94. The summed E-state index contributed by atoms with van der Waals surface area (Å²) in [6.45, 7) is 3.66. The van der Waals surface area contributed by atoms with Crippen LogP contribution >= 0.6 is 15.9 Å². The third-order valence-electron chi connectivity index (χ3n) is 2.34. The molecule has 0 heterocycles. The molecule has 0 bridgehead atoms. The Labute approximate surface area is 92.1 Å². The van der Waals surface area contributed by atoms with Crippen molar-refractivity contribution in [3.8, 4) is 0 Å². The Morgan fingerprint density at radius 3 is 2.71 bits per heavy atom. The highest BCUT2D eigenvalue weighted by Gasteiger charge is 2.19. The summed E-state index contributed by atoms with van der Waals surface area (Å²) in [5.41, 5.74) is 0.0351. The fourth-order valence-electron chi connectivity index (χ4n) is 1.21. The van der Waals surface area contributed by atoms with Crippen molar-refractivity contribution < 1.29 is 9.50 Å². The van der Waals surface area contributed by atoms with Gasteiger partial charge in [0.2, 0.25) is 0 Å². The molecule has 0 aliphatic carbocycles. The lowest BCUT2D eigenvalue weighted by atomic mass is 9.94. The van der Waals surface area contributed by atoms with E-state index >= 15 is 0 Å².